The first-order valence-corrected chi connectivity index (χ1v) is 7.53. The van der Waals surface area contributed by atoms with Gasteiger partial charge in [-0.3, -0.25) is 9.59 Å². The summed E-state index contributed by atoms with van der Waals surface area (Å²) in [5.41, 5.74) is -0.942. The molecule has 2 rings (SSSR count). The van der Waals surface area contributed by atoms with E-state index in [2.05, 4.69) is 5.32 Å². The van der Waals surface area contributed by atoms with E-state index in [0.717, 1.165) is 0 Å². The maximum Gasteiger partial charge on any atom is 0.311 e. The minimum atomic E-state index is -0.942. The van der Waals surface area contributed by atoms with Crippen molar-refractivity contribution in [3.8, 4) is 0 Å². The van der Waals surface area contributed by atoms with Crippen molar-refractivity contribution in [2.75, 3.05) is 26.0 Å². The quantitative estimate of drug-likeness (QED) is 0.803. The summed E-state index contributed by atoms with van der Waals surface area (Å²) in [7, 11) is 0. The second-order valence-electron chi connectivity index (χ2n) is 4.70. The fourth-order valence-corrected chi connectivity index (χ4v) is 2.49. The normalized spacial score (nSPS) is 17.6. The molecule has 0 saturated carbocycles. The lowest BCUT2D eigenvalue weighted by Gasteiger charge is -2.32. The third-order valence-electron chi connectivity index (χ3n) is 3.50. The number of carbonyl (C=O) groups excluding carboxylic acids is 1. The molecule has 0 radical (unpaired) electrons. The Bertz CT molecular complexity index is 493. The van der Waals surface area contributed by atoms with Crippen molar-refractivity contribution in [3.63, 3.8) is 0 Å². The molecule has 0 spiro atoms. The van der Waals surface area contributed by atoms with E-state index in [1.807, 2.05) is 6.26 Å². The van der Waals surface area contributed by atoms with Crippen LogP contribution < -0.4 is 5.32 Å². The SMILES string of the molecule is CSc1ccc(C(=O)NCC2(C(=O)O)CCOCC2)o1. The molecule has 1 aliphatic heterocycles. The topological polar surface area (TPSA) is 88.8 Å². The third-order valence-corrected chi connectivity index (χ3v) is 4.12. The number of aliphatic carboxylic acids is 1. The summed E-state index contributed by atoms with van der Waals surface area (Å²) in [6.45, 7) is 0.888. The van der Waals surface area contributed by atoms with E-state index in [1.54, 1.807) is 12.1 Å². The number of rotatable bonds is 5. The van der Waals surface area contributed by atoms with E-state index in [0.29, 0.717) is 31.1 Å². The van der Waals surface area contributed by atoms with Crippen LogP contribution in [-0.4, -0.2) is 43.0 Å². The molecule has 2 N–H and O–H groups in total. The molecule has 7 heteroatoms. The van der Waals surface area contributed by atoms with Crippen LogP contribution in [0.4, 0.5) is 0 Å². The molecular formula is C13H17NO5S. The number of hydrogen-bond donors (Lipinski definition) is 2. The van der Waals surface area contributed by atoms with Gasteiger partial charge < -0.3 is 19.6 Å². The van der Waals surface area contributed by atoms with Gasteiger partial charge in [-0.25, -0.2) is 0 Å². The maximum absolute atomic E-state index is 11.9. The predicted octanol–water partition coefficient (Wildman–Crippen LogP) is 1.61. The number of carboxylic acid groups (broad SMARTS) is 1. The molecular weight excluding hydrogens is 282 g/mol. The van der Waals surface area contributed by atoms with E-state index in [1.165, 1.54) is 11.8 Å². The van der Waals surface area contributed by atoms with Crippen LogP contribution >= 0.6 is 11.8 Å². The van der Waals surface area contributed by atoms with E-state index < -0.39 is 17.3 Å². The Hall–Kier alpha value is -1.47. The first-order valence-electron chi connectivity index (χ1n) is 6.30. The van der Waals surface area contributed by atoms with Crippen LogP contribution in [0.5, 0.6) is 0 Å². The van der Waals surface area contributed by atoms with Gasteiger partial charge in [0.2, 0.25) is 0 Å². The van der Waals surface area contributed by atoms with Gasteiger partial charge in [0.05, 0.1) is 5.41 Å². The van der Waals surface area contributed by atoms with Gasteiger partial charge in [0.25, 0.3) is 5.91 Å². The second-order valence-corrected chi connectivity index (χ2v) is 5.51. The minimum Gasteiger partial charge on any atom is -0.481 e. The summed E-state index contributed by atoms with van der Waals surface area (Å²) >= 11 is 1.40. The lowest BCUT2D eigenvalue weighted by molar-refractivity contribution is -0.154. The number of thioether (sulfide) groups is 1. The highest BCUT2D eigenvalue weighted by Gasteiger charge is 2.40. The van der Waals surface area contributed by atoms with Gasteiger partial charge in [0.1, 0.15) is 0 Å². The molecule has 1 aromatic heterocycles. The van der Waals surface area contributed by atoms with Gasteiger partial charge in [-0.2, -0.15) is 0 Å². The maximum atomic E-state index is 11.9. The van der Waals surface area contributed by atoms with Gasteiger partial charge in [0, 0.05) is 19.8 Å². The van der Waals surface area contributed by atoms with Crippen LogP contribution in [0.15, 0.2) is 21.6 Å². The van der Waals surface area contributed by atoms with Crippen molar-refractivity contribution >= 4 is 23.6 Å². The van der Waals surface area contributed by atoms with Crippen LogP contribution in [0.2, 0.25) is 0 Å². The van der Waals surface area contributed by atoms with Crippen molar-refractivity contribution in [3.05, 3.63) is 17.9 Å². The summed E-state index contributed by atoms with van der Waals surface area (Å²) in [6, 6.07) is 3.29. The van der Waals surface area contributed by atoms with Crippen LogP contribution in [0.25, 0.3) is 0 Å². The van der Waals surface area contributed by atoms with Gasteiger partial charge in [-0.05, 0) is 31.2 Å². The summed E-state index contributed by atoms with van der Waals surface area (Å²) in [6.07, 6.45) is 2.65. The number of carbonyl (C=O) groups is 2. The number of carboxylic acids is 1. The highest BCUT2D eigenvalue weighted by molar-refractivity contribution is 7.98. The summed E-state index contributed by atoms with van der Waals surface area (Å²) in [4.78, 5) is 23.4. The summed E-state index contributed by atoms with van der Waals surface area (Å²) in [5, 5.41) is 12.7. The molecule has 6 nitrogen and oxygen atoms in total. The summed E-state index contributed by atoms with van der Waals surface area (Å²) in [5.74, 6) is -1.09. The number of hydrogen-bond acceptors (Lipinski definition) is 5. The molecule has 0 aromatic carbocycles. The lowest BCUT2D eigenvalue weighted by Crippen LogP contribution is -2.46. The van der Waals surface area contributed by atoms with Crippen LogP contribution in [0, 0.1) is 5.41 Å². The lowest BCUT2D eigenvalue weighted by atomic mass is 9.80. The van der Waals surface area contributed by atoms with Gasteiger partial charge in [-0.1, -0.05) is 11.8 Å². The first kappa shape index (κ1) is 14.9. The molecule has 1 saturated heterocycles. The fourth-order valence-electron chi connectivity index (χ4n) is 2.12. The number of amides is 1. The Morgan fingerprint density at radius 3 is 2.65 bits per heavy atom. The van der Waals surface area contributed by atoms with Crippen LogP contribution in [0.3, 0.4) is 0 Å². The predicted molar refractivity (Wildman–Crippen MR) is 72.9 cm³/mol. The van der Waals surface area contributed by atoms with E-state index in [-0.39, 0.29) is 12.3 Å². The fraction of sp³-hybridized carbons (Fsp3) is 0.538. The largest absolute Gasteiger partial charge is 0.481 e. The summed E-state index contributed by atoms with van der Waals surface area (Å²) < 4.78 is 10.5. The zero-order valence-electron chi connectivity index (χ0n) is 11.2. The van der Waals surface area contributed by atoms with Crippen molar-refractivity contribution in [2.24, 2.45) is 5.41 Å². The number of ether oxygens (including phenoxy) is 1. The molecule has 1 aromatic rings. The molecule has 20 heavy (non-hydrogen) atoms. The molecule has 1 amide bonds. The average Bonchev–Trinajstić information content (AvgIpc) is 2.94. The highest BCUT2D eigenvalue weighted by atomic mass is 32.2. The van der Waals surface area contributed by atoms with Crippen molar-refractivity contribution < 1.29 is 23.8 Å². The van der Waals surface area contributed by atoms with Gasteiger partial charge in [0.15, 0.2) is 10.9 Å². The molecule has 1 aliphatic rings. The highest BCUT2D eigenvalue weighted by Crippen LogP contribution is 2.30. The molecule has 2 heterocycles. The number of nitrogens with one attached hydrogen (secondary N) is 1. The van der Waals surface area contributed by atoms with Crippen molar-refractivity contribution in [1.29, 1.82) is 0 Å². The molecule has 0 unspecified atom stereocenters. The third kappa shape index (κ3) is 3.16. The molecule has 110 valence electrons. The minimum absolute atomic E-state index is 0.0832. The van der Waals surface area contributed by atoms with E-state index in [4.69, 9.17) is 9.15 Å². The molecule has 0 bridgehead atoms. The standard InChI is InChI=1S/C13H17NO5S/c1-20-10-3-2-9(19-10)11(15)14-8-13(12(16)17)4-6-18-7-5-13/h2-3H,4-8H2,1H3,(H,14,15)(H,16,17). The Morgan fingerprint density at radius 2 is 2.10 bits per heavy atom. The number of furan rings is 1. The monoisotopic (exact) mass is 299 g/mol. The Kier molecular flexibility index (Phi) is 4.72. The first-order chi connectivity index (χ1) is 9.57. The van der Waals surface area contributed by atoms with Crippen LogP contribution in [0.1, 0.15) is 23.4 Å². The van der Waals surface area contributed by atoms with Crippen molar-refractivity contribution in [1.82, 2.24) is 5.32 Å². The smallest absolute Gasteiger partial charge is 0.311 e. The van der Waals surface area contributed by atoms with Crippen molar-refractivity contribution in [2.45, 2.75) is 17.9 Å². The van der Waals surface area contributed by atoms with Gasteiger partial charge in [-0.15, -0.1) is 0 Å². The molecule has 1 fully saturated rings. The zero-order valence-corrected chi connectivity index (χ0v) is 12.0. The Morgan fingerprint density at radius 1 is 1.40 bits per heavy atom. The van der Waals surface area contributed by atoms with Crippen LogP contribution in [-0.2, 0) is 9.53 Å². The Balaban J connectivity index is 1.98. The Labute approximate surface area is 120 Å². The van der Waals surface area contributed by atoms with E-state index >= 15 is 0 Å². The zero-order chi connectivity index (χ0) is 14.6. The molecule has 0 atom stereocenters. The average molecular weight is 299 g/mol. The van der Waals surface area contributed by atoms with Gasteiger partial charge >= 0.3 is 5.97 Å². The second kappa shape index (κ2) is 6.32. The van der Waals surface area contributed by atoms with E-state index in [9.17, 15) is 14.7 Å². The molecule has 0 aliphatic carbocycles.